The lowest BCUT2D eigenvalue weighted by Gasteiger charge is -2.30. The summed E-state index contributed by atoms with van der Waals surface area (Å²) in [6.45, 7) is 8.04. The standard InChI is InChI=1S/C23H34N6O2/c1-14-10-11-17-16(12-14)20(27-19-9-7-6-8-18(19)25-15(2)24)28-21(26-17)22(30)29-23(3,4)13-31-5/h10-12,18-19H,6-9,13H2,1-5H3,(H2,24,25)(H,29,30)(H,26,27,28)/t18-,19+/m1/s1. The molecule has 1 amide bonds. The second kappa shape index (κ2) is 9.60. The number of nitrogens with zero attached hydrogens (tertiary/aromatic N) is 3. The molecule has 1 aliphatic rings. The van der Waals surface area contributed by atoms with Crippen molar-refractivity contribution in [1.82, 2.24) is 15.3 Å². The van der Waals surface area contributed by atoms with Gasteiger partial charge in [-0.1, -0.05) is 24.5 Å². The number of amides is 1. The predicted molar refractivity (Wildman–Crippen MR) is 125 cm³/mol. The van der Waals surface area contributed by atoms with Crippen molar-refractivity contribution in [2.75, 3.05) is 19.0 Å². The molecule has 0 spiro atoms. The molecule has 0 saturated heterocycles. The van der Waals surface area contributed by atoms with Crippen molar-refractivity contribution in [2.45, 2.75) is 71.0 Å². The van der Waals surface area contributed by atoms with Gasteiger partial charge in [-0.15, -0.1) is 0 Å². The number of aryl methyl sites for hydroxylation is 1. The summed E-state index contributed by atoms with van der Waals surface area (Å²) in [5.41, 5.74) is 7.17. The van der Waals surface area contributed by atoms with Gasteiger partial charge in [0, 0.05) is 18.5 Å². The van der Waals surface area contributed by atoms with Crippen molar-refractivity contribution < 1.29 is 9.53 Å². The fourth-order valence-electron chi connectivity index (χ4n) is 4.09. The quantitative estimate of drug-likeness (QED) is 0.463. The number of rotatable bonds is 7. The fourth-order valence-corrected chi connectivity index (χ4v) is 4.09. The molecule has 3 rings (SSSR count). The minimum absolute atomic E-state index is 0.0893. The van der Waals surface area contributed by atoms with Gasteiger partial charge in [0.2, 0.25) is 5.82 Å². The van der Waals surface area contributed by atoms with E-state index in [1.54, 1.807) is 7.11 Å². The van der Waals surface area contributed by atoms with E-state index in [9.17, 15) is 4.79 Å². The van der Waals surface area contributed by atoms with Crippen LogP contribution in [-0.4, -0.2) is 53.1 Å². The molecule has 0 bridgehead atoms. The van der Waals surface area contributed by atoms with Gasteiger partial charge in [-0.3, -0.25) is 9.79 Å². The van der Waals surface area contributed by atoms with Gasteiger partial charge in [0.05, 0.1) is 29.5 Å². The van der Waals surface area contributed by atoms with Gasteiger partial charge >= 0.3 is 0 Å². The Balaban J connectivity index is 1.98. The lowest BCUT2D eigenvalue weighted by molar-refractivity contribution is 0.0810. The zero-order valence-electron chi connectivity index (χ0n) is 19.2. The molecule has 0 radical (unpaired) electrons. The Labute approximate surface area is 184 Å². The van der Waals surface area contributed by atoms with Crippen LogP contribution in [0.2, 0.25) is 0 Å². The Bertz CT molecular complexity index is 968. The number of methoxy groups -OCH3 is 1. The molecule has 1 aliphatic carbocycles. The SMILES string of the molecule is COCC(C)(C)NC(=O)c1nc(N[C@H]2CCCC[C@H]2N=C(C)N)c2cc(C)ccc2n1. The third kappa shape index (κ3) is 5.91. The van der Waals surface area contributed by atoms with Crippen LogP contribution in [0.5, 0.6) is 0 Å². The van der Waals surface area contributed by atoms with E-state index in [0.29, 0.717) is 18.3 Å². The number of hydrogen-bond donors (Lipinski definition) is 3. The van der Waals surface area contributed by atoms with Crippen LogP contribution in [-0.2, 0) is 4.74 Å². The molecule has 1 fully saturated rings. The third-order valence-electron chi connectivity index (χ3n) is 5.43. The number of nitrogens with one attached hydrogen (secondary N) is 2. The number of aromatic nitrogens is 2. The maximum atomic E-state index is 12.9. The maximum absolute atomic E-state index is 12.9. The van der Waals surface area contributed by atoms with Gasteiger partial charge in [-0.05, 0) is 52.7 Å². The van der Waals surface area contributed by atoms with Gasteiger partial charge in [0.1, 0.15) is 5.82 Å². The summed E-state index contributed by atoms with van der Waals surface area (Å²) in [4.78, 5) is 26.7. The minimum Gasteiger partial charge on any atom is -0.388 e. The number of aliphatic imine (C=N–C) groups is 1. The normalized spacial score (nSPS) is 20.0. The number of nitrogens with two attached hydrogens (primary N) is 1. The van der Waals surface area contributed by atoms with Crippen LogP contribution in [0.1, 0.15) is 62.6 Å². The average molecular weight is 427 g/mol. The summed E-state index contributed by atoms with van der Waals surface area (Å²) in [5.74, 6) is 1.05. The second-order valence-electron chi connectivity index (χ2n) is 9.06. The molecule has 31 heavy (non-hydrogen) atoms. The number of hydrogen-bond acceptors (Lipinski definition) is 6. The first kappa shape index (κ1) is 22.9. The molecule has 1 heterocycles. The predicted octanol–water partition coefficient (Wildman–Crippen LogP) is 3.19. The van der Waals surface area contributed by atoms with Gasteiger partial charge < -0.3 is 21.1 Å². The highest BCUT2D eigenvalue weighted by Gasteiger charge is 2.27. The van der Waals surface area contributed by atoms with Gasteiger partial charge in [0.25, 0.3) is 5.91 Å². The Kier molecular flexibility index (Phi) is 7.10. The molecule has 2 aromatic rings. The van der Waals surface area contributed by atoms with E-state index in [0.717, 1.165) is 42.1 Å². The highest BCUT2D eigenvalue weighted by atomic mass is 16.5. The summed E-state index contributed by atoms with van der Waals surface area (Å²) < 4.78 is 5.20. The van der Waals surface area contributed by atoms with Crippen molar-refractivity contribution in [2.24, 2.45) is 10.7 Å². The third-order valence-corrected chi connectivity index (χ3v) is 5.43. The number of carbonyl (C=O) groups excluding carboxylic acids is 1. The smallest absolute Gasteiger partial charge is 0.289 e. The van der Waals surface area contributed by atoms with Crippen molar-refractivity contribution in [3.8, 4) is 0 Å². The van der Waals surface area contributed by atoms with Crippen LogP contribution < -0.4 is 16.4 Å². The topological polar surface area (TPSA) is 115 Å². The molecule has 4 N–H and O–H groups in total. The highest BCUT2D eigenvalue weighted by Crippen LogP contribution is 2.28. The van der Waals surface area contributed by atoms with E-state index in [4.69, 9.17) is 10.5 Å². The van der Waals surface area contributed by atoms with Gasteiger partial charge in [0.15, 0.2) is 0 Å². The van der Waals surface area contributed by atoms with E-state index in [1.165, 1.54) is 0 Å². The van der Waals surface area contributed by atoms with E-state index in [-0.39, 0.29) is 23.8 Å². The number of anilines is 1. The summed E-state index contributed by atoms with van der Waals surface area (Å²) in [5, 5.41) is 7.43. The first-order valence-electron chi connectivity index (χ1n) is 10.8. The molecule has 8 heteroatoms. The molecule has 2 atom stereocenters. The Morgan fingerprint density at radius 1 is 1.29 bits per heavy atom. The van der Waals surface area contributed by atoms with E-state index in [2.05, 4.69) is 25.6 Å². The lowest BCUT2D eigenvalue weighted by Crippen LogP contribution is -2.47. The molecule has 0 unspecified atom stereocenters. The van der Waals surface area contributed by atoms with E-state index in [1.807, 2.05) is 45.9 Å². The minimum atomic E-state index is -0.535. The van der Waals surface area contributed by atoms with Crippen LogP contribution in [0.3, 0.4) is 0 Å². The lowest BCUT2D eigenvalue weighted by atomic mass is 9.90. The zero-order chi connectivity index (χ0) is 22.6. The Morgan fingerprint density at radius 3 is 2.74 bits per heavy atom. The fraction of sp³-hybridized carbons (Fsp3) is 0.565. The van der Waals surface area contributed by atoms with Crippen LogP contribution in [0.25, 0.3) is 10.9 Å². The molecular formula is C23H34N6O2. The summed E-state index contributed by atoms with van der Waals surface area (Å²) in [6, 6.07) is 6.15. The summed E-state index contributed by atoms with van der Waals surface area (Å²) >= 11 is 0. The molecule has 1 saturated carbocycles. The molecule has 168 valence electrons. The van der Waals surface area contributed by atoms with Gasteiger partial charge in [-0.2, -0.15) is 0 Å². The molecule has 0 aliphatic heterocycles. The largest absolute Gasteiger partial charge is 0.388 e. The average Bonchev–Trinajstić information content (AvgIpc) is 2.68. The Hall–Kier alpha value is -2.74. The molecule has 1 aromatic heterocycles. The number of fused-ring (bicyclic) bond motifs is 1. The van der Waals surface area contributed by atoms with Crippen molar-refractivity contribution in [3.63, 3.8) is 0 Å². The maximum Gasteiger partial charge on any atom is 0.289 e. The number of ether oxygens (including phenoxy) is 1. The van der Waals surface area contributed by atoms with Crippen molar-refractivity contribution >= 4 is 28.5 Å². The zero-order valence-corrected chi connectivity index (χ0v) is 19.2. The van der Waals surface area contributed by atoms with Crippen molar-refractivity contribution in [3.05, 3.63) is 29.6 Å². The molecular weight excluding hydrogens is 392 g/mol. The first-order valence-corrected chi connectivity index (χ1v) is 10.8. The monoisotopic (exact) mass is 426 g/mol. The van der Waals surface area contributed by atoms with Crippen LogP contribution in [0, 0.1) is 6.92 Å². The van der Waals surface area contributed by atoms with Gasteiger partial charge in [-0.25, -0.2) is 9.97 Å². The number of benzene rings is 1. The summed E-state index contributed by atoms with van der Waals surface area (Å²) in [7, 11) is 1.61. The Morgan fingerprint density at radius 2 is 2.03 bits per heavy atom. The molecule has 1 aromatic carbocycles. The summed E-state index contributed by atoms with van der Waals surface area (Å²) in [6.07, 6.45) is 4.20. The molecule has 8 nitrogen and oxygen atoms in total. The van der Waals surface area contributed by atoms with E-state index >= 15 is 0 Å². The second-order valence-corrected chi connectivity index (χ2v) is 9.06. The number of carbonyl (C=O) groups is 1. The van der Waals surface area contributed by atoms with Crippen molar-refractivity contribution in [1.29, 1.82) is 0 Å². The number of amidine groups is 1. The van der Waals surface area contributed by atoms with Crippen LogP contribution >= 0.6 is 0 Å². The first-order chi connectivity index (χ1) is 14.7. The van der Waals surface area contributed by atoms with E-state index < -0.39 is 5.54 Å². The van der Waals surface area contributed by atoms with Crippen LogP contribution in [0.4, 0.5) is 5.82 Å². The highest BCUT2D eigenvalue weighted by molar-refractivity contribution is 5.97. The van der Waals surface area contributed by atoms with Crippen LogP contribution in [0.15, 0.2) is 23.2 Å².